The summed E-state index contributed by atoms with van der Waals surface area (Å²) >= 11 is 3.01. The van der Waals surface area contributed by atoms with E-state index in [0.717, 1.165) is 7.08 Å². The molecule has 0 spiro atoms. The molecule has 0 N–H and O–H groups in total. The summed E-state index contributed by atoms with van der Waals surface area (Å²) in [5, 5.41) is 0. The fourth-order valence-electron chi connectivity index (χ4n) is 0. The molecule has 0 amide bonds. The molecular weight excluding hydrogens is 153 g/mol. The van der Waals surface area contributed by atoms with Gasteiger partial charge in [-0.1, -0.05) is 0 Å². The summed E-state index contributed by atoms with van der Waals surface area (Å²) in [6.45, 7) is 0. The van der Waals surface area contributed by atoms with Crippen molar-refractivity contribution in [2.45, 2.75) is 0 Å². The fraction of sp³-hybridized carbons (Fsp3) is 0. The second-order valence-electron chi connectivity index (χ2n) is 0.176. The van der Waals surface area contributed by atoms with Gasteiger partial charge in [0.15, 0.2) is 0 Å². The van der Waals surface area contributed by atoms with E-state index in [1.165, 1.54) is 0 Å². The maximum Gasteiger partial charge on any atom is 0.229 e. The van der Waals surface area contributed by atoms with Crippen LogP contribution in [0.5, 0.6) is 0 Å². The predicted molar refractivity (Wildman–Crippen MR) is 24.0 cm³/mol. The van der Waals surface area contributed by atoms with Gasteiger partial charge >= 0.3 is 0 Å². The molecule has 0 atom stereocenters. The molecule has 3 radical (unpaired) electrons. The molecule has 0 fully saturated rings. The van der Waals surface area contributed by atoms with Gasteiger partial charge in [0, 0.05) is 0 Å². The number of halogens is 1. The maximum atomic E-state index is 3.43. The average Bonchev–Trinajstić information content (AvgIpc) is 1.37. The molecule has 0 rings (SSSR count). The highest BCUT2D eigenvalue weighted by Gasteiger charge is 1.39. The smallest absolute Gasteiger partial charge is 0.229 e. The van der Waals surface area contributed by atoms with Gasteiger partial charge in [-0.15, -0.1) is 0 Å². The first kappa shape index (κ1) is 4.80. The molecule has 0 bridgehead atoms. The Balaban J connectivity index is 2.55. The lowest BCUT2D eigenvalue weighted by molar-refractivity contribution is 2.05. The second kappa shape index (κ2) is 3.80. The van der Waals surface area contributed by atoms with Crippen molar-refractivity contribution in [1.82, 2.24) is 0 Å². The highest BCUT2D eigenvalue weighted by molar-refractivity contribution is 9.35. The monoisotopic (exact) mass is 152 g/mol. The minimum atomic E-state index is 0.850. The van der Waals surface area contributed by atoms with E-state index in [2.05, 4.69) is 30.3 Å². The fourth-order valence-corrected chi connectivity index (χ4v) is 0. The van der Waals surface area contributed by atoms with Crippen molar-refractivity contribution in [2.75, 3.05) is 0 Å². The van der Waals surface area contributed by atoms with Crippen molar-refractivity contribution in [1.29, 1.82) is 0 Å². The van der Waals surface area contributed by atoms with Crippen LogP contribution in [0.1, 0.15) is 0 Å². The molecule has 0 aromatic carbocycles. The highest BCUT2D eigenvalue weighted by atomic mass is 79.9. The molecule has 0 aliphatic heterocycles. The van der Waals surface area contributed by atoms with E-state index < -0.39 is 0 Å². The number of rotatable bonds is 0. The third-order valence-corrected chi connectivity index (χ3v) is 1.77. The van der Waals surface area contributed by atoms with Crippen LogP contribution >= 0.6 is 22.6 Å². The molecule has 4 heteroatoms. The van der Waals surface area contributed by atoms with Gasteiger partial charge in [-0.2, -0.15) is 0 Å². The summed E-state index contributed by atoms with van der Waals surface area (Å²) in [5.41, 5.74) is 0. The molecule has 21 valence electrons. The van der Waals surface area contributed by atoms with E-state index in [9.17, 15) is 0 Å². The van der Waals surface area contributed by atoms with Gasteiger partial charge in [-0.3, -0.25) is 0 Å². The molecule has 0 aliphatic carbocycles. The van der Waals surface area contributed by atoms with Crippen LogP contribution in [-0.2, 0) is 0 Å². The van der Waals surface area contributed by atoms with Gasteiger partial charge in [0.25, 0.3) is 0 Å². The minimum Gasteiger partial charge on any atom is -0.300 e. The number of nitrogens with zero attached hydrogens (tertiary/aromatic N) is 1. The Labute approximate surface area is 37.9 Å². The van der Waals surface area contributed by atoms with Crippen molar-refractivity contribution < 1.29 is 0 Å². The highest BCUT2D eigenvalue weighted by Crippen LogP contribution is 2.04. The predicted octanol–water partition coefficient (Wildman–Crippen LogP) is 1.51. The lowest BCUT2D eigenvalue weighted by Crippen LogP contribution is -1.26. The van der Waals surface area contributed by atoms with E-state index in [1.807, 2.05) is 0 Å². The van der Waals surface area contributed by atoms with Gasteiger partial charge in [0.05, 0.1) is 7.08 Å². The van der Waals surface area contributed by atoms with E-state index in [-0.39, 0.29) is 0 Å². The van der Waals surface area contributed by atoms with Crippen LogP contribution < -0.4 is 0 Å². The molecule has 0 aliphatic rings. The quantitative estimate of drug-likeness (QED) is 0.369. The lowest BCUT2D eigenvalue weighted by atomic mass is 13.9. The molecule has 0 saturated carbocycles. The Bertz CT molecular complexity index is 23.2. The zero-order chi connectivity index (χ0) is 3.41. The van der Waals surface area contributed by atoms with Crippen molar-refractivity contribution >= 4 is 33.0 Å². The largest absolute Gasteiger partial charge is 0.300 e. The summed E-state index contributed by atoms with van der Waals surface area (Å²) in [6.07, 6.45) is 0. The second-order valence-corrected chi connectivity index (χ2v) is 2.08. The zero-order valence-electron chi connectivity index (χ0n) is 1.77. The minimum absolute atomic E-state index is 0.850. The van der Waals surface area contributed by atoms with Crippen LogP contribution in [0.3, 0.4) is 0 Å². The van der Waals surface area contributed by atoms with Crippen molar-refractivity contribution in [3.05, 3.63) is 0 Å². The van der Waals surface area contributed by atoms with Crippen LogP contribution in [0.25, 0.3) is 0 Å². The number of hydrogen-bond donors (Lipinski definition) is 0. The maximum absolute atomic E-state index is 3.43. The van der Waals surface area contributed by atoms with Gasteiger partial charge in [-0.25, -0.2) is 0 Å². The Morgan fingerprint density at radius 1 is 2.00 bits per heavy atom. The van der Waals surface area contributed by atoms with Gasteiger partial charge in [-0.05, 0) is 15.5 Å². The van der Waals surface area contributed by atoms with Gasteiger partial charge in [0.2, 0.25) is 10.4 Å². The summed E-state index contributed by atoms with van der Waals surface area (Å²) in [4.78, 5) is 0. The van der Waals surface area contributed by atoms with Crippen molar-refractivity contribution in [2.24, 2.45) is 4.41 Å². The van der Waals surface area contributed by atoms with Crippen molar-refractivity contribution in [3.63, 3.8) is 0 Å². The molecule has 1 nitrogen and oxygen atoms in total. The summed E-state index contributed by atoms with van der Waals surface area (Å²) < 4.78 is 3.43. The first-order valence-electron chi connectivity index (χ1n) is 0.593. The van der Waals surface area contributed by atoms with Gasteiger partial charge < -0.3 is 4.41 Å². The van der Waals surface area contributed by atoms with Crippen molar-refractivity contribution in [3.8, 4) is 0 Å². The molecular formula is BrNPSi. The normalized spacial score (nSPS) is 9.50. The third kappa shape index (κ3) is 2.80. The summed E-state index contributed by atoms with van der Waals surface area (Å²) in [7, 11) is 3.70. The van der Waals surface area contributed by atoms with Crippen LogP contribution in [0.4, 0.5) is 0 Å². The van der Waals surface area contributed by atoms with Crippen LogP contribution in [0, 0.1) is 0 Å². The first-order chi connectivity index (χ1) is 1.91. The van der Waals surface area contributed by atoms with E-state index in [1.54, 1.807) is 0 Å². The summed E-state index contributed by atoms with van der Waals surface area (Å²) in [5.74, 6) is 0. The van der Waals surface area contributed by atoms with Crippen LogP contribution in [-0.4, -0.2) is 10.4 Å². The molecule has 4 heavy (non-hydrogen) atoms. The average molecular weight is 153 g/mol. The van der Waals surface area contributed by atoms with E-state index in [0.29, 0.717) is 0 Å². The molecule has 0 heterocycles. The summed E-state index contributed by atoms with van der Waals surface area (Å²) in [6, 6.07) is 0. The third-order valence-electron chi connectivity index (χ3n) is 0.0378. The van der Waals surface area contributed by atoms with Crippen LogP contribution in [0.15, 0.2) is 4.41 Å². The van der Waals surface area contributed by atoms with Crippen LogP contribution in [0.2, 0.25) is 0 Å². The zero-order valence-corrected chi connectivity index (χ0v) is 5.25. The standard InChI is InChI=1S/BrNPSi/c1-3-2-4. The topological polar surface area (TPSA) is 12.4 Å². The molecule has 0 saturated heterocycles. The Kier molecular flexibility index (Phi) is 4.55. The Morgan fingerprint density at radius 2 is 2.25 bits per heavy atom. The van der Waals surface area contributed by atoms with E-state index >= 15 is 0 Å². The first-order valence-corrected chi connectivity index (χ1v) is 3.91. The van der Waals surface area contributed by atoms with E-state index in [4.69, 9.17) is 0 Å². The van der Waals surface area contributed by atoms with Gasteiger partial charge in [0.1, 0.15) is 0 Å². The molecule has 0 aromatic heterocycles. The molecule has 0 aromatic rings. The Hall–Kier alpha value is 0.797. The molecule has 0 unspecified atom stereocenters. The Morgan fingerprint density at radius 3 is 2.25 bits per heavy atom. The number of hydrogen-bond acceptors (Lipinski definition) is 1. The SMILES string of the molecule is [Si]N=PBr. The lowest BCUT2D eigenvalue weighted by Gasteiger charge is -1.47.